The first kappa shape index (κ1) is 51.6. The van der Waals surface area contributed by atoms with E-state index in [2.05, 4.69) is 54.3 Å². The lowest BCUT2D eigenvalue weighted by Crippen LogP contribution is -2.62. The Labute approximate surface area is 422 Å². The molecule has 5 heterocycles. The molecule has 0 aliphatic carbocycles. The maximum absolute atomic E-state index is 14.9. The number of carbonyl (C=O) groups excluding carboxylic acids is 5. The van der Waals surface area contributed by atoms with Crippen LogP contribution in [0.1, 0.15) is 95.3 Å². The molecule has 0 spiro atoms. The van der Waals surface area contributed by atoms with Crippen LogP contribution < -0.4 is 10.7 Å². The number of hydrogen-bond donors (Lipinski definition) is 3. The van der Waals surface area contributed by atoms with Gasteiger partial charge in [0.2, 0.25) is 11.8 Å². The predicted molar refractivity (Wildman–Crippen MR) is 273 cm³/mol. The number of likely N-dealkylation sites (N-methyl/N-ethyl adjacent to an activating group) is 1. The van der Waals surface area contributed by atoms with Gasteiger partial charge in [-0.1, -0.05) is 70.2 Å². The number of hydrogen-bond acceptors (Lipinski definition) is 11. The molecule has 16 nitrogen and oxygen atoms in total. The lowest BCUT2D eigenvalue weighted by atomic mass is 9.84. The number of fused-ring (bicyclic) bond motifs is 6. The minimum atomic E-state index is -1.20. The van der Waals surface area contributed by atoms with E-state index in [0.29, 0.717) is 43.4 Å². The zero-order valence-corrected chi connectivity index (χ0v) is 42.9. The number of aromatic nitrogens is 2. The highest BCUT2D eigenvalue weighted by Crippen LogP contribution is 2.43. The third-order valence-electron chi connectivity index (χ3n) is 14.6. The summed E-state index contributed by atoms with van der Waals surface area (Å²) in [6.07, 6.45) is 2.70. The van der Waals surface area contributed by atoms with Gasteiger partial charge in [-0.05, 0) is 110 Å². The molecule has 8 rings (SSSR count). The molecule has 3 aromatic carbocycles. The molecular formula is C56H69N7O9. The van der Waals surface area contributed by atoms with Crippen molar-refractivity contribution < 1.29 is 43.3 Å². The largest absolute Gasteiger partial charge is 0.508 e. The average Bonchev–Trinajstić information content (AvgIpc) is 3.95. The van der Waals surface area contributed by atoms with E-state index in [-0.39, 0.29) is 43.9 Å². The summed E-state index contributed by atoms with van der Waals surface area (Å²) in [5, 5.41) is 16.8. The number of cyclic esters (lactones) is 1. The van der Waals surface area contributed by atoms with Gasteiger partial charge in [0.05, 0.1) is 43.2 Å². The first-order chi connectivity index (χ1) is 34.4. The first-order valence-electron chi connectivity index (χ1n) is 25.1. The molecule has 2 unspecified atom stereocenters. The highest BCUT2D eigenvalue weighted by Gasteiger charge is 2.46. The zero-order valence-electron chi connectivity index (χ0n) is 42.9. The molecule has 0 saturated carbocycles. The number of aromatic hydroxyl groups is 1. The molecule has 72 heavy (non-hydrogen) atoms. The van der Waals surface area contributed by atoms with Crippen LogP contribution in [0.2, 0.25) is 0 Å². The van der Waals surface area contributed by atoms with Crippen LogP contribution in [0.5, 0.6) is 5.75 Å². The maximum Gasteiger partial charge on any atom is 0.410 e. The Bertz CT molecular complexity index is 2830. The normalized spacial score (nSPS) is 21.2. The number of methoxy groups -OCH3 is 2. The quantitative estimate of drug-likeness (QED) is 0.116. The second-order valence-corrected chi connectivity index (χ2v) is 20.6. The van der Waals surface area contributed by atoms with Gasteiger partial charge in [0.25, 0.3) is 5.91 Å². The highest BCUT2D eigenvalue weighted by molar-refractivity contribution is 5.96. The second kappa shape index (κ2) is 21.5. The van der Waals surface area contributed by atoms with Crippen molar-refractivity contribution in [2.75, 3.05) is 41.0 Å². The van der Waals surface area contributed by atoms with Gasteiger partial charge in [-0.25, -0.2) is 10.2 Å². The summed E-state index contributed by atoms with van der Waals surface area (Å²) in [7, 11) is 4.56. The van der Waals surface area contributed by atoms with E-state index in [1.807, 2.05) is 69.3 Å². The van der Waals surface area contributed by atoms with E-state index in [1.165, 1.54) is 17.0 Å². The Kier molecular flexibility index (Phi) is 15.4. The standard InChI is InChI=1S/C56H69N7O9/c1-10-61-46-21-20-37-30-42(46)43(50(61)40-18-14-23-57-47(40)34(4)70-8)31-56(5,6)32-72-54(68)44-19-15-24-63(59-44)53(67)45(28-35-26-38(37)29-39(64)27-35)58-51(65)48(33(2)3)60(7)52(66)41-22-25-62(55(69)71-9)49(41)36-16-12-11-13-17-36/h11-14,16-18,20-21,23,26-27,29-30,33-34,41,44-45,48-49,59,64H,10,15,19,22,24-25,28,31-32H2,1-9H3,(H,58,65)/t34-,41?,44-,45-,48?,49+/m0/s1. The number of pyridine rings is 1. The Morgan fingerprint density at radius 3 is 2.44 bits per heavy atom. The third kappa shape index (κ3) is 10.4. The van der Waals surface area contributed by atoms with Gasteiger partial charge in [0.15, 0.2) is 0 Å². The van der Waals surface area contributed by atoms with E-state index in [9.17, 15) is 29.1 Å². The summed E-state index contributed by atoms with van der Waals surface area (Å²) in [6.45, 7) is 13.2. The first-order valence-corrected chi connectivity index (χ1v) is 25.1. The molecule has 3 N–H and O–H groups in total. The van der Waals surface area contributed by atoms with Gasteiger partial charge >= 0.3 is 12.1 Å². The fourth-order valence-corrected chi connectivity index (χ4v) is 11.1. The number of hydrazine groups is 1. The van der Waals surface area contributed by atoms with E-state index < -0.39 is 65.3 Å². The number of ether oxygens (including phenoxy) is 3. The highest BCUT2D eigenvalue weighted by atomic mass is 16.5. The van der Waals surface area contributed by atoms with Crippen molar-refractivity contribution in [3.63, 3.8) is 0 Å². The summed E-state index contributed by atoms with van der Waals surface area (Å²) in [6, 6.07) is 21.1. The van der Waals surface area contributed by atoms with E-state index in [0.717, 1.165) is 44.5 Å². The number of carbonyl (C=O) groups is 5. The Hall–Kier alpha value is -6.78. The van der Waals surface area contributed by atoms with Gasteiger partial charge in [-0.15, -0.1) is 0 Å². The van der Waals surface area contributed by atoms with Crippen LogP contribution in [-0.2, 0) is 52.8 Å². The minimum absolute atomic E-state index is 0.0221. The topological polar surface area (TPSA) is 185 Å². The van der Waals surface area contributed by atoms with E-state index in [4.69, 9.17) is 19.2 Å². The third-order valence-corrected chi connectivity index (χ3v) is 14.6. The van der Waals surface area contributed by atoms with Gasteiger partial charge < -0.3 is 39.0 Å². The minimum Gasteiger partial charge on any atom is -0.508 e. The van der Waals surface area contributed by atoms with Crippen LogP contribution in [0.4, 0.5) is 4.79 Å². The Morgan fingerprint density at radius 1 is 0.972 bits per heavy atom. The molecule has 6 bridgehead atoms. The van der Waals surface area contributed by atoms with E-state index >= 15 is 0 Å². The molecule has 3 aliphatic heterocycles. The molecule has 2 saturated heterocycles. The second-order valence-electron chi connectivity index (χ2n) is 20.6. The van der Waals surface area contributed by atoms with E-state index in [1.54, 1.807) is 37.4 Å². The number of phenols is 1. The van der Waals surface area contributed by atoms with Gasteiger partial charge in [0, 0.05) is 68.3 Å². The summed E-state index contributed by atoms with van der Waals surface area (Å²) in [5.74, 6) is -2.97. The number of rotatable bonds is 10. The molecule has 6 atom stereocenters. The molecule has 4 amide bonds. The van der Waals surface area contributed by atoms with Crippen LogP contribution in [0, 0.1) is 17.3 Å². The number of amides is 4. The van der Waals surface area contributed by atoms with Crippen molar-refractivity contribution >= 4 is 40.7 Å². The van der Waals surface area contributed by atoms with Gasteiger partial charge in [-0.2, -0.15) is 0 Å². The number of esters is 1. The molecule has 382 valence electrons. The average molecular weight is 984 g/mol. The number of phenolic OH excluding ortho intramolecular Hbond substituents is 1. The van der Waals surface area contributed by atoms with Crippen molar-refractivity contribution in [3.8, 4) is 28.1 Å². The van der Waals surface area contributed by atoms with Gasteiger partial charge in [0.1, 0.15) is 23.9 Å². The van der Waals surface area contributed by atoms with Crippen molar-refractivity contribution in [1.29, 1.82) is 0 Å². The lowest BCUT2D eigenvalue weighted by Gasteiger charge is -2.37. The SMILES string of the molecule is CCn1c(-c2cccnc2[C@H](C)OC)c2c3cc(ccc31)-c1cc(O)cc(c1)C[C@H](NC(=O)C(C(C)C)N(C)C(=O)C1CCN(C(=O)OC)[C@@H]1c1ccccc1)C(=O)N1CCC[C@H](N1)C(=O)OCC(C)(C)C2. The van der Waals surface area contributed by atoms with Crippen LogP contribution in [0.15, 0.2) is 85.1 Å². The Morgan fingerprint density at radius 2 is 1.74 bits per heavy atom. The molecule has 5 aromatic rings. The number of likely N-dealkylation sites (tertiary alicyclic amines) is 1. The number of benzene rings is 3. The van der Waals surface area contributed by atoms with Crippen molar-refractivity contribution in [1.82, 2.24) is 35.1 Å². The number of aryl methyl sites for hydroxylation is 1. The fourth-order valence-electron chi connectivity index (χ4n) is 11.1. The summed E-state index contributed by atoms with van der Waals surface area (Å²) in [5.41, 5.74) is 10.2. The van der Waals surface area contributed by atoms with Gasteiger partial charge in [-0.3, -0.25) is 29.2 Å². The molecule has 2 fully saturated rings. The number of nitrogens with zero attached hydrogens (tertiary/aromatic N) is 5. The monoisotopic (exact) mass is 984 g/mol. The van der Waals surface area contributed by atoms with Crippen LogP contribution >= 0.6 is 0 Å². The summed E-state index contributed by atoms with van der Waals surface area (Å²) < 4.78 is 19.4. The Balaban J connectivity index is 1.19. The molecule has 16 heteroatoms. The van der Waals surface area contributed by atoms with Crippen molar-refractivity contribution in [2.45, 2.75) is 110 Å². The zero-order chi connectivity index (χ0) is 51.6. The fraction of sp³-hybridized carbons (Fsp3) is 0.464. The maximum atomic E-state index is 14.9. The predicted octanol–water partition coefficient (Wildman–Crippen LogP) is 7.76. The van der Waals surface area contributed by atoms with Crippen molar-refractivity contribution in [3.05, 3.63) is 107 Å². The smallest absolute Gasteiger partial charge is 0.410 e. The summed E-state index contributed by atoms with van der Waals surface area (Å²) in [4.78, 5) is 79.2. The molecule has 3 aliphatic rings. The van der Waals surface area contributed by atoms with Crippen molar-refractivity contribution in [2.24, 2.45) is 17.3 Å². The number of nitrogens with one attached hydrogen (secondary N) is 2. The lowest BCUT2D eigenvalue weighted by molar-refractivity contribution is -0.155. The molecule has 2 aromatic heterocycles. The van der Waals surface area contributed by atoms with Crippen LogP contribution in [-0.4, -0.2) is 118 Å². The molecule has 0 radical (unpaired) electrons. The molecular weight excluding hydrogens is 915 g/mol. The van der Waals surface area contributed by atoms with Crippen LogP contribution in [0.3, 0.4) is 0 Å². The van der Waals surface area contributed by atoms with Crippen LogP contribution in [0.25, 0.3) is 33.3 Å². The summed E-state index contributed by atoms with van der Waals surface area (Å²) >= 11 is 0.